The van der Waals surface area contributed by atoms with E-state index in [4.69, 9.17) is 11.6 Å². The van der Waals surface area contributed by atoms with Crippen LogP contribution in [0.3, 0.4) is 0 Å². The molecule has 3 aromatic rings. The van der Waals surface area contributed by atoms with Crippen molar-refractivity contribution in [2.45, 2.75) is 38.1 Å². The molecule has 1 atom stereocenters. The van der Waals surface area contributed by atoms with Gasteiger partial charge in [-0.25, -0.2) is 0 Å². The van der Waals surface area contributed by atoms with Crippen molar-refractivity contribution in [1.29, 1.82) is 0 Å². The second-order valence-corrected chi connectivity index (χ2v) is 8.24. The minimum atomic E-state index is -0.265. The van der Waals surface area contributed by atoms with Crippen molar-refractivity contribution >= 4 is 29.2 Å². The number of allylic oxidation sites excluding steroid dienone is 1. The summed E-state index contributed by atoms with van der Waals surface area (Å²) in [4.78, 5) is 13.1. The molecule has 0 saturated heterocycles. The number of H-pyrrole nitrogens is 1. The Kier molecular flexibility index (Phi) is 6.85. The number of halogens is 1. The van der Waals surface area contributed by atoms with Crippen LogP contribution in [0.15, 0.2) is 54.6 Å². The van der Waals surface area contributed by atoms with Gasteiger partial charge >= 0.3 is 0 Å². The van der Waals surface area contributed by atoms with Gasteiger partial charge in [-0.2, -0.15) is 5.10 Å². The number of fused-ring (bicyclic) bond motifs is 1. The molecule has 1 aliphatic carbocycles. The molecule has 0 bridgehead atoms. The van der Waals surface area contributed by atoms with Gasteiger partial charge < -0.3 is 10.4 Å². The molecule has 0 fully saturated rings. The Bertz CT molecular complexity index is 1080. The van der Waals surface area contributed by atoms with E-state index < -0.39 is 0 Å². The molecule has 1 amide bonds. The highest BCUT2D eigenvalue weighted by atomic mass is 35.5. The van der Waals surface area contributed by atoms with Crippen molar-refractivity contribution in [2.75, 3.05) is 6.61 Å². The Hall–Kier alpha value is -2.89. The molecule has 4 rings (SSSR count). The van der Waals surface area contributed by atoms with Crippen LogP contribution in [0.5, 0.6) is 0 Å². The van der Waals surface area contributed by atoms with Crippen LogP contribution in [-0.4, -0.2) is 27.8 Å². The van der Waals surface area contributed by atoms with Gasteiger partial charge in [-0.1, -0.05) is 54.1 Å². The number of aliphatic hydroxyl groups excluding tert-OH is 1. The molecule has 3 N–H and O–H groups in total. The van der Waals surface area contributed by atoms with Crippen molar-refractivity contribution in [3.63, 3.8) is 0 Å². The summed E-state index contributed by atoms with van der Waals surface area (Å²) < 4.78 is 0. The molecule has 0 aliphatic heterocycles. The highest BCUT2D eigenvalue weighted by molar-refractivity contribution is 6.30. The second-order valence-electron chi connectivity index (χ2n) is 7.81. The lowest BCUT2D eigenvalue weighted by molar-refractivity contribution is 0.0924. The maximum Gasteiger partial charge on any atom is 0.272 e. The number of aliphatic hydroxyl groups is 1. The molecule has 1 aliphatic rings. The quantitative estimate of drug-likeness (QED) is 0.466. The third kappa shape index (κ3) is 5.06. The lowest BCUT2D eigenvalue weighted by Crippen LogP contribution is -2.30. The third-order valence-corrected chi connectivity index (χ3v) is 5.88. The molecule has 0 saturated carbocycles. The van der Waals surface area contributed by atoms with Crippen LogP contribution >= 0.6 is 11.6 Å². The number of nitrogens with one attached hydrogen (secondary N) is 2. The molecule has 5 nitrogen and oxygen atoms in total. The van der Waals surface area contributed by atoms with E-state index in [1.54, 1.807) is 0 Å². The molecule has 1 heterocycles. The summed E-state index contributed by atoms with van der Waals surface area (Å²) in [5, 5.41) is 20.7. The molecule has 0 radical (unpaired) electrons. The van der Waals surface area contributed by atoms with E-state index >= 15 is 0 Å². The number of hydrogen-bond donors (Lipinski definition) is 3. The van der Waals surface area contributed by atoms with Crippen molar-refractivity contribution < 1.29 is 9.90 Å². The number of carbonyl (C=O) groups excluding carboxylic acids is 1. The van der Waals surface area contributed by atoms with Gasteiger partial charge in [-0.15, -0.1) is 0 Å². The first-order valence-electron chi connectivity index (χ1n) is 10.7. The van der Waals surface area contributed by atoms with Gasteiger partial charge in [0.25, 0.3) is 5.91 Å². The van der Waals surface area contributed by atoms with Crippen LogP contribution in [0, 0.1) is 0 Å². The van der Waals surface area contributed by atoms with Gasteiger partial charge in [0.1, 0.15) is 0 Å². The number of rotatable bonds is 6. The van der Waals surface area contributed by atoms with Crippen molar-refractivity contribution in [3.8, 4) is 0 Å². The van der Waals surface area contributed by atoms with Gasteiger partial charge in [0.15, 0.2) is 5.69 Å². The van der Waals surface area contributed by atoms with Crippen LogP contribution < -0.4 is 5.32 Å². The smallest absolute Gasteiger partial charge is 0.272 e. The Morgan fingerprint density at radius 3 is 2.74 bits per heavy atom. The number of benzene rings is 2. The number of hydrogen-bond acceptors (Lipinski definition) is 3. The van der Waals surface area contributed by atoms with E-state index in [1.807, 2.05) is 54.6 Å². The first kappa shape index (κ1) is 21.3. The Morgan fingerprint density at radius 1 is 1.16 bits per heavy atom. The van der Waals surface area contributed by atoms with Crippen LogP contribution in [0.25, 0.3) is 11.6 Å². The van der Waals surface area contributed by atoms with Crippen LogP contribution in [-0.2, 0) is 6.42 Å². The predicted molar refractivity (Wildman–Crippen MR) is 124 cm³/mol. The predicted octanol–water partition coefficient (Wildman–Crippen LogP) is 5.18. The summed E-state index contributed by atoms with van der Waals surface area (Å²) in [7, 11) is 0. The van der Waals surface area contributed by atoms with E-state index in [0.717, 1.165) is 53.6 Å². The molecule has 1 aromatic heterocycles. The number of amides is 1. The minimum Gasteiger partial charge on any atom is -0.396 e. The second kappa shape index (κ2) is 9.94. The van der Waals surface area contributed by atoms with Gasteiger partial charge in [0.05, 0.1) is 11.7 Å². The van der Waals surface area contributed by atoms with E-state index in [1.165, 1.54) is 0 Å². The summed E-state index contributed by atoms with van der Waals surface area (Å²) in [6.07, 6.45) is 6.33. The fraction of sp³-hybridized carbons (Fsp3) is 0.280. The van der Waals surface area contributed by atoms with Crippen LogP contribution in [0.2, 0.25) is 5.02 Å². The van der Waals surface area contributed by atoms with Gasteiger partial charge in [0.2, 0.25) is 0 Å². The lowest BCUT2D eigenvalue weighted by atomic mass is 10.0. The summed E-state index contributed by atoms with van der Waals surface area (Å²) in [5.74, 6) is -0.219. The number of aromatic nitrogens is 2. The van der Waals surface area contributed by atoms with E-state index in [0.29, 0.717) is 17.1 Å². The minimum absolute atomic E-state index is 0.00889. The molecule has 2 aromatic carbocycles. The first-order chi connectivity index (χ1) is 15.2. The van der Waals surface area contributed by atoms with Crippen molar-refractivity contribution in [3.05, 3.63) is 87.7 Å². The molecule has 160 valence electrons. The van der Waals surface area contributed by atoms with Gasteiger partial charge in [-0.05, 0) is 67.0 Å². The van der Waals surface area contributed by atoms with Gasteiger partial charge in [0, 0.05) is 17.2 Å². The maximum absolute atomic E-state index is 13.1. The van der Waals surface area contributed by atoms with E-state index in [-0.39, 0.29) is 18.6 Å². The number of nitrogens with zero attached hydrogens (tertiary/aromatic N) is 1. The lowest BCUT2D eigenvalue weighted by Gasteiger charge is -2.18. The molecule has 0 spiro atoms. The SMILES string of the molecule is O=C(N[C@H](CCO)c1ccccc1)c1n[nH]c2c1CCCC/C2=C\c1cccc(Cl)c1. The summed E-state index contributed by atoms with van der Waals surface area (Å²) >= 11 is 6.15. The highest BCUT2D eigenvalue weighted by Gasteiger charge is 2.25. The molecule has 0 unspecified atom stereocenters. The Labute approximate surface area is 187 Å². The topological polar surface area (TPSA) is 78.0 Å². The zero-order valence-corrected chi connectivity index (χ0v) is 18.0. The Balaban J connectivity index is 1.62. The van der Waals surface area contributed by atoms with E-state index in [9.17, 15) is 9.90 Å². The largest absolute Gasteiger partial charge is 0.396 e. The molecular weight excluding hydrogens is 410 g/mol. The summed E-state index contributed by atoms with van der Waals surface area (Å²) in [6.45, 7) is -0.00889. The maximum atomic E-state index is 13.1. The first-order valence-corrected chi connectivity index (χ1v) is 11.0. The average molecular weight is 436 g/mol. The molecular formula is C25H26ClN3O2. The van der Waals surface area contributed by atoms with E-state index in [2.05, 4.69) is 21.6 Å². The van der Waals surface area contributed by atoms with Crippen LogP contribution in [0.4, 0.5) is 0 Å². The summed E-state index contributed by atoms with van der Waals surface area (Å²) in [5.41, 5.74) is 5.46. The fourth-order valence-electron chi connectivity index (χ4n) is 4.11. The number of carbonyl (C=O) groups is 1. The van der Waals surface area contributed by atoms with Crippen LogP contribution in [0.1, 0.15) is 64.6 Å². The zero-order chi connectivity index (χ0) is 21.6. The Morgan fingerprint density at radius 2 is 1.97 bits per heavy atom. The monoisotopic (exact) mass is 435 g/mol. The van der Waals surface area contributed by atoms with Crippen molar-refractivity contribution in [1.82, 2.24) is 15.5 Å². The zero-order valence-electron chi connectivity index (χ0n) is 17.3. The normalized spacial score (nSPS) is 15.9. The highest BCUT2D eigenvalue weighted by Crippen LogP contribution is 2.32. The van der Waals surface area contributed by atoms with Crippen molar-refractivity contribution in [2.24, 2.45) is 0 Å². The molecule has 31 heavy (non-hydrogen) atoms. The standard InChI is InChI=1S/C25H26ClN3O2/c26-20-11-6-7-17(16-20)15-19-10-4-5-12-21-23(19)28-29-24(21)25(31)27-22(13-14-30)18-8-2-1-3-9-18/h1-3,6-9,11,15-16,22,30H,4-5,10,12-14H2,(H,27,31)(H,28,29)/b19-15+/t22-/m1/s1. The fourth-order valence-corrected chi connectivity index (χ4v) is 4.31. The third-order valence-electron chi connectivity index (χ3n) is 5.64. The summed E-state index contributed by atoms with van der Waals surface area (Å²) in [6, 6.07) is 17.2. The molecule has 6 heteroatoms. The van der Waals surface area contributed by atoms with Gasteiger partial charge in [-0.3, -0.25) is 9.89 Å². The number of aromatic amines is 1. The average Bonchev–Trinajstić information content (AvgIpc) is 3.10.